The number of hydrogen-bond acceptors (Lipinski definition) is 6. The van der Waals surface area contributed by atoms with Crippen molar-refractivity contribution < 1.29 is 24.0 Å². The van der Waals surface area contributed by atoms with E-state index in [2.05, 4.69) is 10.1 Å². The smallest absolute Gasteiger partial charge is 0.407 e. The fraction of sp³-hybridized carbons (Fsp3) is 0.333. The van der Waals surface area contributed by atoms with Gasteiger partial charge in [0.2, 0.25) is 0 Å². The summed E-state index contributed by atoms with van der Waals surface area (Å²) in [6.07, 6.45) is -0.767. The normalized spacial score (nSPS) is 9.65. The molecule has 0 aliphatic rings. The van der Waals surface area contributed by atoms with Crippen LogP contribution in [0.1, 0.15) is 12.5 Å². The first-order valence-electron chi connectivity index (χ1n) is 5.82. The fourth-order valence-corrected chi connectivity index (χ4v) is 1.27. The zero-order chi connectivity index (χ0) is 15.0. The van der Waals surface area contributed by atoms with Crippen LogP contribution >= 0.6 is 0 Å². The standard InChI is InChI=1S/C12H14N2O6/c1-2-19-11(15)7-13-12(16)20-8-9-3-5-10(6-4-9)14(17)18/h3-6H,2,7-8H2,1H3,(H,13,16). The van der Waals surface area contributed by atoms with Gasteiger partial charge >= 0.3 is 12.1 Å². The molecule has 0 fully saturated rings. The average Bonchev–Trinajstić information content (AvgIpc) is 2.43. The first-order valence-corrected chi connectivity index (χ1v) is 5.82. The Labute approximate surface area is 114 Å². The van der Waals surface area contributed by atoms with Gasteiger partial charge in [-0.3, -0.25) is 14.9 Å². The van der Waals surface area contributed by atoms with Crippen LogP contribution in [-0.4, -0.2) is 30.1 Å². The minimum Gasteiger partial charge on any atom is -0.465 e. The van der Waals surface area contributed by atoms with E-state index >= 15 is 0 Å². The number of alkyl carbamates (subject to hydrolysis) is 1. The molecule has 1 rings (SSSR count). The average molecular weight is 282 g/mol. The summed E-state index contributed by atoms with van der Waals surface area (Å²) < 4.78 is 9.45. The monoisotopic (exact) mass is 282 g/mol. The number of rotatable bonds is 6. The van der Waals surface area contributed by atoms with Crippen molar-refractivity contribution in [3.8, 4) is 0 Å². The number of carbonyl (C=O) groups is 2. The molecule has 8 nitrogen and oxygen atoms in total. The van der Waals surface area contributed by atoms with Gasteiger partial charge in [0, 0.05) is 12.1 Å². The largest absolute Gasteiger partial charge is 0.465 e. The molecule has 8 heteroatoms. The van der Waals surface area contributed by atoms with E-state index in [0.717, 1.165) is 0 Å². The van der Waals surface area contributed by atoms with E-state index in [1.54, 1.807) is 6.92 Å². The Morgan fingerprint density at radius 3 is 2.45 bits per heavy atom. The summed E-state index contributed by atoms with van der Waals surface area (Å²) in [5.74, 6) is -0.556. The summed E-state index contributed by atoms with van der Waals surface area (Å²) in [6.45, 7) is 1.57. The van der Waals surface area contributed by atoms with Gasteiger partial charge in [-0.15, -0.1) is 0 Å². The second-order valence-electron chi connectivity index (χ2n) is 3.66. The predicted molar refractivity (Wildman–Crippen MR) is 67.9 cm³/mol. The van der Waals surface area contributed by atoms with Gasteiger partial charge in [0.25, 0.3) is 5.69 Å². The van der Waals surface area contributed by atoms with Crippen LogP contribution in [0.25, 0.3) is 0 Å². The van der Waals surface area contributed by atoms with E-state index in [1.165, 1.54) is 24.3 Å². The van der Waals surface area contributed by atoms with Crippen molar-refractivity contribution in [1.29, 1.82) is 0 Å². The Kier molecular flexibility index (Phi) is 5.95. The first kappa shape index (κ1) is 15.4. The molecule has 1 aromatic carbocycles. The quantitative estimate of drug-likeness (QED) is 0.480. The number of non-ortho nitro benzene ring substituents is 1. The number of ether oxygens (including phenoxy) is 2. The lowest BCUT2D eigenvalue weighted by Gasteiger charge is -2.06. The van der Waals surface area contributed by atoms with Crippen molar-refractivity contribution >= 4 is 17.7 Å². The molecular weight excluding hydrogens is 268 g/mol. The van der Waals surface area contributed by atoms with Crippen molar-refractivity contribution in [2.45, 2.75) is 13.5 Å². The molecule has 20 heavy (non-hydrogen) atoms. The zero-order valence-electron chi connectivity index (χ0n) is 10.8. The van der Waals surface area contributed by atoms with Crippen molar-refractivity contribution in [3.63, 3.8) is 0 Å². The van der Waals surface area contributed by atoms with Gasteiger partial charge in [0.05, 0.1) is 11.5 Å². The third-order valence-electron chi connectivity index (χ3n) is 2.20. The van der Waals surface area contributed by atoms with E-state index < -0.39 is 17.0 Å². The molecule has 1 amide bonds. The van der Waals surface area contributed by atoms with E-state index in [0.29, 0.717) is 5.56 Å². The number of nitro benzene ring substituents is 1. The van der Waals surface area contributed by atoms with Crippen LogP contribution in [0.4, 0.5) is 10.5 Å². The van der Waals surface area contributed by atoms with Crippen LogP contribution in [0.5, 0.6) is 0 Å². The van der Waals surface area contributed by atoms with E-state index in [1.807, 2.05) is 0 Å². The molecule has 0 unspecified atom stereocenters. The summed E-state index contributed by atoms with van der Waals surface area (Å²) >= 11 is 0. The first-order chi connectivity index (χ1) is 9.52. The third-order valence-corrected chi connectivity index (χ3v) is 2.20. The lowest BCUT2D eigenvalue weighted by Crippen LogP contribution is -2.31. The number of amides is 1. The summed E-state index contributed by atoms with van der Waals surface area (Å²) in [6, 6.07) is 5.60. The Morgan fingerprint density at radius 1 is 1.25 bits per heavy atom. The lowest BCUT2D eigenvalue weighted by molar-refractivity contribution is -0.384. The SMILES string of the molecule is CCOC(=O)CNC(=O)OCc1ccc([N+](=O)[O-])cc1. The number of hydrogen-bond donors (Lipinski definition) is 1. The van der Waals surface area contributed by atoms with Gasteiger partial charge in [-0.2, -0.15) is 0 Å². The topological polar surface area (TPSA) is 108 Å². The van der Waals surface area contributed by atoms with Gasteiger partial charge in [-0.25, -0.2) is 4.79 Å². The molecule has 0 bridgehead atoms. The van der Waals surface area contributed by atoms with Crippen molar-refractivity contribution in [2.24, 2.45) is 0 Å². The minimum absolute atomic E-state index is 0.0412. The van der Waals surface area contributed by atoms with Crippen LogP contribution in [0, 0.1) is 10.1 Å². The maximum absolute atomic E-state index is 11.3. The maximum atomic E-state index is 11.3. The van der Waals surface area contributed by atoms with Crippen LogP contribution < -0.4 is 5.32 Å². The number of nitrogens with zero attached hydrogens (tertiary/aromatic N) is 1. The number of carbonyl (C=O) groups excluding carboxylic acids is 2. The molecule has 0 saturated heterocycles. The summed E-state index contributed by atoms with van der Waals surface area (Å²) in [5.41, 5.74) is 0.558. The highest BCUT2D eigenvalue weighted by atomic mass is 16.6. The van der Waals surface area contributed by atoms with Crippen molar-refractivity contribution in [2.75, 3.05) is 13.2 Å². The second-order valence-corrected chi connectivity index (χ2v) is 3.66. The minimum atomic E-state index is -0.767. The molecule has 0 aliphatic heterocycles. The van der Waals surface area contributed by atoms with Crippen molar-refractivity contribution in [1.82, 2.24) is 5.32 Å². The van der Waals surface area contributed by atoms with Crippen LogP contribution in [-0.2, 0) is 20.9 Å². The molecule has 0 radical (unpaired) electrons. The van der Waals surface area contributed by atoms with Gasteiger partial charge < -0.3 is 14.8 Å². The van der Waals surface area contributed by atoms with Crippen LogP contribution in [0.2, 0.25) is 0 Å². The summed E-state index contributed by atoms with van der Waals surface area (Å²) in [5, 5.41) is 12.7. The summed E-state index contributed by atoms with van der Waals surface area (Å²) in [4.78, 5) is 32.1. The lowest BCUT2D eigenvalue weighted by atomic mass is 10.2. The number of benzene rings is 1. The highest BCUT2D eigenvalue weighted by Gasteiger charge is 2.08. The van der Waals surface area contributed by atoms with Crippen molar-refractivity contribution in [3.05, 3.63) is 39.9 Å². The molecule has 1 N–H and O–H groups in total. The van der Waals surface area contributed by atoms with Crippen LogP contribution in [0.15, 0.2) is 24.3 Å². The second kappa shape index (κ2) is 7.72. The maximum Gasteiger partial charge on any atom is 0.407 e. The molecular formula is C12H14N2O6. The van der Waals surface area contributed by atoms with Crippen LogP contribution in [0.3, 0.4) is 0 Å². The fourth-order valence-electron chi connectivity index (χ4n) is 1.27. The van der Waals surface area contributed by atoms with E-state index in [4.69, 9.17) is 4.74 Å². The molecule has 0 atom stereocenters. The highest BCUT2D eigenvalue weighted by molar-refractivity contribution is 5.77. The molecule has 0 spiro atoms. The van der Waals surface area contributed by atoms with Gasteiger partial charge in [0.15, 0.2) is 0 Å². The molecule has 0 saturated carbocycles. The Balaban J connectivity index is 2.33. The van der Waals surface area contributed by atoms with Gasteiger partial charge in [-0.1, -0.05) is 0 Å². The molecule has 108 valence electrons. The number of nitro groups is 1. The zero-order valence-corrected chi connectivity index (χ0v) is 10.8. The molecule has 0 heterocycles. The number of nitrogens with one attached hydrogen (secondary N) is 1. The van der Waals surface area contributed by atoms with Gasteiger partial charge in [-0.05, 0) is 24.6 Å². The third kappa shape index (κ3) is 5.34. The highest BCUT2D eigenvalue weighted by Crippen LogP contribution is 2.12. The Bertz CT molecular complexity index is 485. The summed E-state index contributed by atoms with van der Waals surface area (Å²) in [7, 11) is 0. The Hall–Kier alpha value is -2.64. The molecule has 0 aliphatic carbocycles. The van der Waals surface area contributed by atoms with E-state index in [9.17, 15) is 19.7 Å². The van der Waals surface area contributed by atoms with E-state index in [-0.39, 0.29) is 25.4 Å². The Morgan fingerprint density at radius 2 is 1.90 bits per heavy atom. The molecule has 1 aromatic rings. The number of esters is 1. The van der Waals surface area contributed by atoms with Gasteiger partial charge in [0.1, 0.15) is 13.2 Å². The molecule has 0 aromatic heterocycles. The predicted octanol–water partition coefficient (Wildman–Crippen LogP) is 1.38.